The van der Waals surface area contributed by atoms with E-state index in [1.807, 2.05) is 12.3 Å². The third kappa shape index (κ3) is 4.95. The Morgan fingerprint density at radius 1 is 0.418 bits per heavy atom. The molecule has 0 saturated carbocycles. The molecule has 4 nitrogen and oxygen atoms in total. The number of benzene rings is 8. The second kappa shape index (κ2) is 13.0. The maximum Gasteiger partial charge on any atom is 0.145 e. The van der Waals surface area contributed by atoms with E-state index < -0.39 is 0 Å². The monoisotopic (exact) mass is 864 g/mol. The molecule has 322 valence electrons. The van der Waals surface area contributed by atoms with Crippen LogP contribution in [0.3, 0.4) is 0 Å². The van der Waals surface area contributed by atoms with E-state index >= 15 is 0 Å². The molecule has 0 aliphatic heterocycles. The molecule has 0 atom stereocenters. The van der Waals surface area contributed by atoms with Gasteiger partial charge in [-0.25, -0.2) is 0 Å². The van der Waals surface area contributed by atoms with Gasteiger partial charge >= 0.3 is 0 Å². The lowest BCUT2D eigenvalue weighted by molar-refractivity contribution is 0.600. The van der Waals surface area contributed by atoms with Crippen molar-refractivity contribution in [3.63, 3.8) is 0 Å². The summed E-state index contributed by atoms with van der Waals surface area (Å²) in [5, 5.41) is 4.68. The van der Waals surface area contributed by atoms with Gasteiger partial charge in [0, 0.05) is 72.2 Å². The highest BCUT2D eigenvalue weighted by Gasteiger charge is 2.49. The van der Waals surface area contributed by atoms with Gasteiger partial charge in [-0.3, -0.25) is 4.98 Å². The van der Waals surface area contributed by atoms with Crippen molar-refractivity contribution in [2.75, 3.05) is 4.90 Å². The van der Waals surface area contributed by atoms with Crippen LogP contribution in [-0.2, 0) is 16.2 Å². The molecule has 3 heterocycles. The molecule has 0 saturated heterocycles. The Kier molecular flexibility index (Phi) is 7.49. The first-order valence-electron chi connectivity index (χ1n) is 23.6. The fraction of sp³-hybridized carbons (Fsp3) is 0.159. The molecule has 4 heteroatoms. The van der Waals surface area contributed by atoms with Crippen LogP contribution in [-0.4, -0.2) is 4.98 Å². The summed E-state index contributed by atoms with van der Waals surface area (Å²) in [6.07, 6.45) is 1.87. The predicted octanol–water partition coefficient (Wildman–Crippen LogP) is 17.2. The molecule has 0 amide bonds. The average molecular weight is 865 g/mol. The number of aromatic nitrogens is 1. The number of fused-ring (bicyclic) bond motifs is 19. The Balaban J connectivity index is 0.985. The highest BCUT2D eigenvalue weighted by Crippen LogP contribution is 2.64. The molecule has 0 unspecified atom stereocenters. The number of hydrogen-bond donors (Lipinski definition) is 0. The molecule has 3 aromatic heterocycles. The predicted molar refractivity (Wildman–Crippen MR) is 276 cm³/mol. The minimum Gasteiger partial charge on any atom is -0.455 e. The highest BCUT2D eigenvalue weighted by molar-refractivity contribution is 6.21. The second-order valence-electron chi connectivity index (χ2n) is 20.7. The highest BCUT2D eigenvalue weighted by atomic mass is 16.3. The van der Waals surface area contributed by atoms with Crippen molar-refractivity contribution >= 4 is 60.9 Å². The van der Waals surface area contributed by atoms with Gasteiger partial charge < -0.3 is 13.7 Å². The van der Waals surface area contributed by atoms with Crippen LogP contribution >= 0.6 is 0 Å². The number of pyridine rings is 1. The summed E-state index contributed by atoms with van der Waals surface area (Å²) in [6.45, 7) is 16.6. The van der Waals surface area contributed by atoms with Gasteiger partial charge in [-0.15, -0.1) is 0 Å². The molecule has 14 rings (SSSR count). The Bertz CT molecular complexity index is 3960. The lowest BCUT2D eigenvalue weighted by Crippen LogP contribution is -2.24. The Morgan fingerprint density at radius 3 is 1.64 bits per heavy atom. The molecule has 3 aliphatic rings. The summed E-state index contributed by atoms with van der Waals surface area (Å²) in [7, 11) is 0. The normalized spacial score (nSPS) is 15.4. The van der Waals surface area contributed by atoms with Crippen LogP contribution in [0.5, 0.6) is 0 Å². The summed E-state index contributed by atoms with van der Waals surface area (Å²) in [4.78, 5) is 7.30. The molecular weight excluding hydrogens is 817 g/mol. The minimum atomic E-state index is -0.332. The summed E-state index contributed by atoms with van der Waals surface area (Å²) in [6, 6.07) is 57.8. The largest absolute Gasteiger partial charge is 0.455 e. The smallest absolute Gasteiger partial charge is 0.145 e. The Hall–Kier alpha value is -7.69. The zero-order valence-electron chi connectivity index (χ0n) is 38.8. The number of aryl methyl sites for hydroxylation is 1. The summed E-state index contributed by atoms with van der Waals surface area (Å²) < 4.78 is 13.8. The Labute approximate surface area is 390 Å². The average Bonchev–Trinajstić information content (AvgIpc) is 4.09. The quantitative estimate of drug-likeness (QED) is 0.177. The third-order valence-corrected chi connectivity index (χ3v) is 15.9. The SMILES string of the molecule is Cc1ccc(N(c2ccc3c(c2)C(C)(C)c2cc(-c4ccccn4)c4oc5ccccc5c4c2-3)c2ccc3c(c2)C(C)(C)c2c4c(c5c(oc6ccccc65)c2-3)-c2ccccc2C4(C)C)cc1. The standard InChI is InChI=1S/C63H48N2O2/c1-35-23-25-36(26-24-35)65(37-27-29-40-46(32-37)61(2,3)48-34-44(49-20-14-15-31-64-49)59-54(52(40)48)42-17-9-12-21-50(42)66-59)38-28-30-41-47(33-38)63(6,7)58-56(41)60-55(43-18-10-13-22-51(43)67-60)53-39-16-8-11-19-45(39)62(4,5)57(53)58/h8-34H,1-7H3. The molecule has 0 fully saturated rings. The molecule has 67 heavy (non-hydrogen) atoms. The van der Waals surface area contributed by atoms with Crippen molar-refractivity contribution in [2.24, 2.45) is 0 Å². The first-order valence-corrected chi connectivity index (χ1v) is 23.6. The summed E-state index contributed by atoms with van der Waals surface area (Å²) in [5.41, 5.74) is 25.0. The van der Waals surface area contributed by atoms with Crippen LogP contribution in [0.25, 0.3) is 88.5 Å². The van der Waals surface area contributed by atoms with Crippen molar-refractivity contribution in [1.82, 2.24) is 4.98 Å². The molecule has 0 spiro atoms. The van der Waals surface area contributed by atoms with E-state index in [0.717, 1.165) is 61.4 Å². The molecular formula is C63H48N2O2. The number of furan rings is 2. The van der Waals surface area contributed by atoms with Gasteiger partial charge in [-0.2, -0.15) is 0 Å². The minimum absolute atomic E-state index is 0.208. The van der Waals surface area contributed by atoms with Crippen molar-refractivity contribution in [2.45, 2.75) is 64.7 Å². The van der Waals surface area contributed by atoms with E-state index in [4.69, 9.17) is 13.8 Å². The van der Waals surface area contributed by atoms with Gasteiger partial charge in [0.1, 0.15) is 22.3 Å². The van der Waals surface area contributed by atoms with Crippen LogP contribution in [0.2, 0.25) is 0 Å². The lowest BCUT2D eigenvalue weighted by Gasteiger charge is -2.32. The zero-order chi connectivity index (χ0) is 45.3. The van der Waals surface area contributed by atoms with Gasteiger partial charge in [0.2, 0.25) is 0 Å². The third-order valence-electron chi connectivity index (χ3n) is 15.9. The number of rotatable bonds is 4. The van der Waals surface area contributed by atoms with E-state index in [9.17, 15) is 0 Å². The van der Waals surface area contributed by atoms with E-state index in [1.165, 1.54) is 83.1 Å². The summed E-state index contributed by atoms with van der Waals surface area (Å²) >= 11 is 0. The molecule has 11 aromatic rings. The first-order chi connectivity index (χ1) is 32.4. The maximum atomic E-state index is 7.03. The van der Waals surface area contributed by atoms with Crippen molar-refractivity contribution in [3.8, 4) is 44.6 Å². The van der Waals surface area contributed by atoms with E-state index in [1.54, 1.807) is 0 Å². The van der Waals surface area contributed by atoms with Crippen molar-refractivity contribution in [3.05, 3.63) is 203 Å². The Morgan fingerprint density at radius 2 is 0.955 bits per heavy atom. The number of para-hydroxylation sites is 2. The van der Waals surface area contributed by atoms with Crippen LogP contribution in [0, 0.1) is 6.92 Å². The van der Waals surface area contributed by atoms with Crippen molar-refractivity contribution in [1.29, 1.82) is 0 Å². The molecule has 0 bridgehead atoms. The number of hydrogen-bond acceptors (Lipinski definition) is 4. The first kappa shape index (κ1) is 38.6. The van der Waals surface area contributed by atoms with E-state index in [-0.39, 0.29) is 16.2 Å². The fourth-order valence-electron chi connectivity index (χ4n) is 12.7. The summed E-state index contributed by atoms with van der Waals surface area (Å²) in [5.74, 6) is 0. The zero-order valence-corrected chi connectivity index (χ0v) is 38.8. The van der Waals surface area contributed by atoms with Gasteiger partial charge in [0.25, 0.3) is 0 Å². The maximum absolute atomic E-state index is 7.03. The van der Waals surface area contributed by atoms with Gasteiger partial charge in [-0.05, 0) is 135 Å². The van der Waals surface area contributed by atoms with Gasteiger partial charge in [0.05, 0.1) is 5.69 Å². The van der Waals surface area contributed by atoms with E-state index in [0.29, 0.717) is 0 Å². The molecule has 3 aliphatic carbocycles. The van der Waals surface area contributed by atoms with Gasteiger partial charge in [-0.1, -0.05) is 138 Å². The molecule has 0 N–H and O–H groups in total. The van der Waals surface area contributed by atoms with Gasteiger partial charge in [0.15, 0.2) is 0 Å². The van der Waals surface area contributed by atoms with Crippen molar-refractivity contribution < 1.29 is 8.83 Å². The van der Waals surface area contributed by atoms with E-state index in [2.05, 4.69) is 205 Å². The van der Waals surface area contributed by atoms with Crippen LogP contribution in [0.4, 0.5) is 17.1 Å². The molecule has 8 aromatic carbocycles. The van der Waals surface area contributed by atoms with Crippen LogP contribution < -0.4 is 4.90 Å². The van der Waals surface area contributed by atoms with Crippen LogP contribution in [0.1, 0.15) is 80.5 Å². The second-order valence-corrected chi connectivity index (χ2v) is 20.7. The lowest BCUT2D eigenvalue weighted by atomic mass is 9.72. The topological polar surface area (TPSA) is 42.4 Å². The fourth-order valence-corrected chi connectivity index (χ4v) is 12.7. The van der Waals surface area contributed by atoms with Crippen LogP contribution in [0.15, 0.2) is 173 Å². The number of nitrogens with zero attached hydrogens (tertiary/aromatic N) is 2. The molecule has 0 radical (unpaired) electrons. The number of anilines is 3.